The molecule has 0 aliphatic carbocycles. The lowest BCUT2D eigenvalue weighted by atomic mass is 9.99. The molecule has 0 bridgehead atoms. The van der Waals surface area contributed by atoms with E-state index in [9.17, 15) is 14.4 Å². The Kier molecular flexibility index (Phi) is 8.18. The molecule has 5 N–H and O–H groups in total. The van der Waals surface area contributed by atoms with E-state index in [0.29, 0.717) is 23.7 Å². The van der Waals surface area contributed by atoms with Gasteiger partial charge >= 0.3 is 6.03 Å². The monoisotopic (exact) mass is 382 g/mol. The molecule has 10 heteroatoms. The number of rotatable bonds is 8. The summed E-state index contributed by atoms with van der Waals surface area (Å²) in [6.45, 7) is 3.64. The average Bonchev–Trinajstić information content (AvgIpc) is 2.67. The van der Waals surface area contributed by atoms with Gasteiger partial charge in [0, 0.05) is 5.56 Å². The topological polar surface area (TPSA) is 141 Å². The van der Waals surface area contributed by atoms with Gasteiger partial charge in [0.1, 0.15) is 6.04 Å². The van der Waals surface area contributed by atoms with E-state index in [4.69, 9.17) is 19.9 Å². The van der Waals surface area contributed by atoms with Gasteiger partial charge in [0.15, 0.2) is 11.5 Å². The quantitative estimate of drug-likeness (QED) is 0.484. The summed E-state index contributed by atoms with van der Waals surface area (Å²) in [6.07, 6.45) is 0.624. The number of primary amides is 1. The van der Waals surface area contributed by atoms with Crippen LogP contribution in [0.15, 0.2) is 12.1 Å². The Labute approximate surface area is 157 Å². The Balaban J connectivity index is 2.92. The number of nitrogens with one attached hydrogen (secondary N) is 3. The smallest absolute Gasteiger partial charge is 0.312 e. The lowest BCUT2D eigenvalue weighted by molar-refractivity contribution is -0.124. The number of urea groups is 1. The molecule has 0 spiro atoms. The predicted molar refractivity (Wildman–Crippen MR) is 97.7 cm³/mol. The first kappa shape index (κ1) is 21.9. The Morgan fingerprint density at radius 3 is 2.00 bits per heavy atom. The predicted octanol–water partition coefficient (Wildman–Crippen LogP) is 0.556. The molecule has 2 atom stereocenters. The van der Waals surface area contributed by atoms with Crippen LogP contribution in [-0.4, -0.2) is 45.2 Å². The third kappa shape index (κ3) is 5.66. The first-order valence-corrected chi connectivity index (χ1v) is 8.25. The van der Waals surface area contributed by atoms with Crippen molar-refractivity contribution in [3.8, 4) is 17.2 Å². The Morgan fingerprint density at radius 1 is 1.04 bits per heavy atom. The highest BCUT2D eigenvalue weighted by Gasteiger charge is 2.26. The van der Waals surface area contributed by atoms with Crippen LogP contribution in [0.2, 0.25) is 0 Å². The zero-order chi connectivity index (χ0) is 20.6. The van der Waals surface area contributed by atoms with Gasteiger partial charge in [-0.15, -0.1) is 0 Å². The minimum absolute atomic E-state index is 0.174. The molecule has 0 radical (unpaired) electrons. The van der Waals surface area contributed by atoms with Gasteiger partial charge in [-0.25, -0.2) is 4.79 Å². The second-order valence-electron chi connectivity index (χ2n) is 5.73. The van der Waals surface area contributed by atoms with Crippen molar-refractivity contribution in [2.45, 2.75) is 26.3 Å². The maximum Gasteiger partial charge on any atom is 0.312 e. The fraction of sp³-hybridized carbons (Fsp3) is 0.471. The van der Waals surface area contributed by atoms with Gasteiger partial charge in [-0.1, -0.05) is 20.3 Å². The standard InChI is InChI=1S/C17H26N4O6/c1-6-9(2)13(19-17(18)24)16(23)21-20-15(22)10-7-11(25-3)14(27-5)12(8-10)26-4/h7-9,13H,6H2,1-5H3,(H,20,22)(H,21,23)(H3,18,19,24)/t9-,13-/m0/s1. The van der Waals surface area contributed by atoms with Crippen molar-refractivity contribution < 1.29 is 28.6 Å². The molecule has 4 amide bonds. The molecule has 0 heterocycles. The number of ether oxygens (including phenoxy) is 3. The highest BCUT2D eigenvalue weighted by atomic mass is 16.5. The van der Waals surface area contributed by atoms with Gasteiger partial charge in [-0.05, 0) is 18.1 Å². The first-order chi connectivity index (χ1) is 12.8. The number of hydrogen-bond acceptors (Lipinski definition) is 6. The molecule has 1 aromatic carbocycles. The van der Waals surface area contributed by atoms with Crippen LogP contribution in [0, 0.1) is 5.92 Å². The van der Waals surface area contributed by atoms with Gasteiger partial charge < -0.3 is 25.3 Å². The number of hydrogen-bond donors (Lipinski definition) is 4. The van der Waals surface area contributed by atoms with Gasteiger partial charge in [-0.3, -0.25) is 20.4 Å². The zero-order valence-electron chi connectivity index (χ0n) is 16.0. The summed E-state index contributed by atoms with van der Waals surface area (Å²) in [5.74, 6) is -0.463. The summed E-state index contributed by atoms with van der Waals surface area (Å²) >= 11 is 0. The van der Waals surface area contributed by atoms with Gasteiger partial charge in [0.25, 0.3) is 11.8 Å². The normalized spacial score (nSPS) is 12.3. The Hall–Kier alpha value is -3.17. The number of hydrazine groups is 1. The fourth-order valence-corrected chi connectivity index (χ4v) is 2.34. The molecule has 1 rings (SSSR count). The number of nitrogens with two attached hydrogens (primary N) is 1. The SMILES string of the molecule is CC[C@H](C)[C@H](NC(N)=O)C(=O)NNC(=O)c1cc(OC)c(OC)c(OC)c1. The summed E-state index contributed by atoms with van der Waals surface area (Å²) in [7, 11) is 4.29. The molecule has 0 saturated heterocycles. The van der Waals surface area contributed by atoms with Crippen molar-refractivity contribution in [3.63, 3.8) is 0 Å². The van der Waals surface area contributed by atoms with E-state index in [1.807, 2.05) is 6.92 Å². The van der Waals surface area contributed by atoms with Crippen LogP contribution in [0.4, 0.5) is 4.79 Å². The molecular weight excluding hydrogens is 356 g/mol. The molecule has 0 aliphatic rings. The van der Waals surface area contributed by atoms with Crippen molar-refractivity contribution in [3.05, 3.63) is 17.7 Å². The second-order valence-corrected chi connectivity index (χ2v) is 5.73. The third-order valence-corrected chi connectivity index (χ3v) is 4.02. The number of carbonyl (C=O) groups is 3. The summed E-state index contributed by atoms with van der Waals surface area (Å²) in [6, 6.07) is 1.17. The van der Waals surface area contributed by atoms with Crippen LogP contribution in [0.1, 0.15) is 30.6 Å². The molecule has 0 saturated carbocycles. The number of methoxy groups -OCH3 is 3. The maximum absolute atomic E-state index is 12.4. The van der Waals surface area contributed by atoms with Crippen molar-refractivity contribution in [1.82, 2.24) is 16.2 Å². The summed E-state index contributed by atoms with van der Waals surface area (Å²) in [5.41, 5.74) is 9.85. The van der Waals surface area contributed by atoms with Gasteiger partial charge in [0.2, 0.25) is 5.75 Å². The largest absolute Gasteiger partial charge is 0.493 e. The van der Waals surface area contributed by atoms with E-state index in [1.54, 1.807) is 6.92 Å². The van der Waals surface area contributed by atoms with E-state index in [0.717, 1.165) is 0 Å². The fourth-order valence-electron chi connectivity index (χ4n) is 2.34. The molecule has 27 heavy (non-hydrogen) atoms. The van der Waals surface area contributed by atoms with Crippen LogP contribution >= 0.6 is 0 Å². The van der Waals surface area contributed by atoms with E-state index < -0.39 is 23.9 Å². The molecule has 10 nitrogen and oxygen atoms in total. The third-order valence-electron chi connectivity index (χ3n) is 4.02. The molecule has 0 fully saturated rings. The Morgan fingerprint density at radius 2 is 1.59 bits per heavy atom. The van der Waals surface area contributed by atoms with E-state index in [-0.39, 0.29) is 11.5 Å². The van der Waals surface area contributed by atoms with Crippen LogP contribution in [0.25, 0.3) is 0 Å². The highest BCUT2D eigenvalue weighted by molar-refractivity contribution is 5.97. The van der Waals surface area contributed by atoms with E-state index in [1.165, 1.54) is 33.5 Å². The van der Waals surface area contributed by atoms with Crippen molar-refractivity contribution in [1.29, 1.82) is 0 Å². The van der Waals surface area contributed by atoms with Gasteiger partial charge in [-0.2, -0.15) is 0 Å². The van der Waals surface area contributed by atoms with Crippen LogP contribution < -0.4 is 36.1 Å². The minimum Gasteiger partial charge on any atom is -0.493 e. The zero-order valence-corrected chi connectivity index (χ0v) is 16.0. The lowest BCUT2D eigenvalue weighted by Crippen LogP contribution is -2.55. The van der Waals surface area contributed by atoms with Crippen LogP contribution in [0.5, 0.6) is 17.2 Å². The Bertz CT molecular complexity index is 669. The van der Waals surface area contributed by atoms with E-state index in [2.05, 4.69) is 16.2 Å². The van der Waals surface area contributed by atoms with Gasteiger partial charge in [0.05, 0.1) is 21.3 Å². The molecule has 0 aliphatic heterocycles. The number of benzene rings is 1. The maximum atomic E-state index is 12.4. The first-order valence-electron chi connectivity index (χ1n) is 8.25. The summed E-state index contributed by atoms with van der Waals surface area (Å²) in [5, 5.41) is 2.36. The number of carbonyl (C=O) groups excluding carboxylic acids is 3. The van der Waals surface area contributed by atoms with Crippen LogP contribution in [-0.2, 0) is 4.79 Å². The molecule has 0 unspecified atom stereocenters. The highest BCUT2D eigenvalue weighted by Crippen LogP contribution is 2.38. The summed E-state index contributed by atoms with van der Waals surface area (Å²) < 4.78 is 15.6. The second kappa shape index (κ2) is 10.1. The molecule has 1 aromatic rings. The van der Waals surface area contributed by atoms with Crippen LogP contribution in [0.3, 0.4) is 0 Å². The number of amides is 4. The lowest BCUT2D eigenvalue weighted by Gasteiger charge is -2.22. The van der Waals surface area contributed by atoms with Crippen molar-refractivity contribution in [2.75, 3.05) is 21.3 Å². The van der Waals surface area contributed by atoms with Crippen molar-refractivity contribution >= 4 is 17.8 Å². The molecule has 150 valence electrons. The van der Waals surface area contributed by atoms with Crippen molar-refractivity contribution in [2.24, 2.45) is 11.7 Å². The van der Waals surface area contributed by atoms with E-state index >= 15 is 0 Å². The summed E-state index contributed by atoms with van der Waals surface area (Å²) in [4.78, 5) is 35.8. The molecule has 0 aromatic heterocycles. The minimum atomic E-state index is -0.882. The average molecular weight is 382 g/mol. The molecular formula is C17H26N4O6.